The lowest BCUT2D eigenvalue weighted by atomic mass is 10.1. The number of carbonyl (C=O) groups excluding carboxylic acids is 1. The van der Waals surface area contributed by atoms with Gasteiger partial charge >= 0.3 is 0 Å². The Morgan fingerprint density at radius 1 is 1.30 bits per heavy atom. The highest BCUT2D eigenvalue weighted by Crippen LogP contribution is 2.22. The summed E-state index contributed by atoms with van der Waals surface area (Å²) in [4.78, 5) is 14.4. The SMILES string of the molecule is CCCO[C@H]1CCCN(C(=O)[C@@H]2CC[C@H](CN)O2)CC1. The van der Waals surface area contributed by atoms with Crippen LogP contribution in [0.3, 0.4) is 0 Å². The Hall–Kier alpha value is -0.650. The largest absolute Gasteiger partial charge is 0.378 e. The van der Waals surface area contributed by atoms with Crippen molar-refractivity contribution in [2.45, 2.75) is 63.8 Å². The first-order valence-corrected chi connectivity index (χ1v) is 8.00. The molecule has 2 aliphatic rings. The second-order valence-corrected chi connectivity index (χ2v) is 5.81. The summed E-state index contributed by atoms with van der Waals surface area (Å²) >= 11 is 0. The van der Waals surface area contributed by atoms with Crippen LogP contribution in [-0.4, -0.2) is 55.4 Å². The van der Waals surface area contributed by atoms with Crippen LogP contribution in [0, 0.1) is 0 Å². The van der Waals surface area contributed by atoms with Crippen molar-refractivity contribution in [3.63, 3.8) is 0 Å². The minimum Gasteiger partial charge on any atom is -0.378 e. The van der Waals surface area contributed by atoms with E-state index in [2.05, 4.69) is 6.92 Å². The standard InChI is InChI=1S/C15H28N2O3/c1-2-10-19-12-4-3-8-17(9-7-12)15(18)14-6-5-13(11-16)20-14/h12-14H,2-11,16H2,1H3/t12-,13+,14-/m0/s1. The molecule has 5 heteroatoms. The Labute approximate surface area is 121 Å². The molecule has 2 aliphatic heterocycles. The number of nitrogens with zero attached hydrogens (tertiary/aromatic N) is 1. The molecule has 2 N–H and O–H groups in total. The van der Waals surface area contributed by atoms with Crippen molar-refractivity contribution >= 4 is 5.91 Å². The van der Waals surface area contributed by atoms with Gasteiger partial charge in [0.05, 0.1) is 12.2 Å². The summed E-state index contributed by atoms with van der Waals surface area (Å²) in [6, 6.07) is 0. The molecule has 0 spiro atoms. The Morgan fingerprint density at radius 3 is 2.85 bits per heavy atom. The van der Waals surface area contributed by atoms with Gasteiger partial charge in [0, 0.05) is 26.2 Å². The number of hydrogen-bond donors (Lipinski definition) is 1. The van der Waals surface area contributed by atoms with Crippen LogP contribution in [0.15, 0.2) is 0 Å². The Morgan fingerprint density at radius 2 is 2.15 bits per heavy atom. The second kappa shape index (κ2) is 7.96. The third-order valence-electron chi connectivity index (χ3n) is 4.19. The molecule has 0 bridgehead atoms. The van der Waals surface area contributed by atoms with Crippen molar-refractivity contribution in [2.75, 3.05) is 26.2 Å². The van der Waals surface area contributed by atoms with E-state index in [-0.39, 0.29) is 18.1 Å². The number of nitrogens with two attached hydrogens (primary N) is 1. The van der Waals surface area contributed by atoms with E-state index in [0.717, 1.165) is 58.2 Å². The van der Waals surface area contributed by atoms with Crippen molar-refractivity contribution in [2.24, 2.45) is 5.73 Å². The summed E-state index contributed by atoms with van der Waals surface area (Å²) in [6.45, 7) is 5.08. The smallest absolute Gasteiger partial charge is 0.251 e. The zero-order valence-electron chi connectivity index (χ0n) is 12.6. The third-order valence-corrected chi connectivity index (χ3v) is 4.19. The first-order chi connectivity index (χ1) is 9.74. The second-order valence-electron chi connectivity index (χ2n) is 5.81. The summed E-state index contributed by atoms with van der Waals surface area (Å²) in [7, 11) is 0. The summed E-state index contributed by atoms with van der Waals surface area (Å²) in [5, 5.41) is 0. The molecule has 3 atom stereocenters. The maximum atomic E-state index is 12.5. The molecule has 0 aromatic carbocycles. The molecule has 1 amide bonds. The topological polar surface area (TPSA) is 64.8 Å². The highest BCUT2D eigenvalue weighted by molar-refractivity contribution is 5.81. The average Bonchev–Trinajstić information content (AvgIpc) is 2.83. The van der Waals surface area contributed by atoms with Gasteiger partial charge < -0.3 is 20.1 Å². The predicted molar refractivity (Wildman–Crippen MR) is 77.4 cm³/mol. The summed E-state index contributed by atoms with van der Waals surface area (Å²) in [5.74, 6) is 0.150. The highest BCUT2D eigenvalue weighted by Gasteiger charge is 2.33. The van der Waals surface area contributed by atoms with E-state index in [9.17, 15) is 4.79 Å². The molecule has 2 saturated heterocycles. The molecule has 0 unspecified atom stereocenters. The van der Waals surface area contributed by atoms with Gasteiger partial charge in [0.2, 0.25) is 0 Å². The van der Waals surface area contributed by atoms with E-state index in [4.69, 9.17) is 15.2 Å². The lowest BCUT2D eigenvalue weighted by Crippen LogP contribution is -2.40. The van der Waals surface area contributed by atoms with Gasteiger partial charge in [-0.2, -0.15) is 0 Å². The number of amides is 1. The lowest BCUT2D eigenvalue weighted by molar-refractivity contribution is -0.142. The molecule has 116 valence electrons. The molecule has 2 rings (SSSR count). The zero-order chi connectivity index (χ0) is 14.4. The Kier molecular flexibility index (Phi) is 6.26. The average molecular weight is 284 g/mol. The molecular weight excluding hydrogens is 256 g/mol. The first kappa shape index (κ1) is 15.7. The monoisotopic (exact) mass is 284 g/mol. The van der Waals surface area contributed by atoms with Crippen molar-refractivity contribution < 1.29 is 14.3 Å². The maximum absolute atomic E-state index is 12.5. The van der Waals surface area contributed by atoms with E-state index in [1.165, 1.54) is 0 Å². The normalized spacial score (nSPS) is 31.3. The van der Waals surface area contributed by atoms with Crippen LogP contribution in [0.1, 0.15) is 45.4 Å². The molecule has 20 heavy (non-hydrogen) atoms. The fourth-order valence-electron chi connectivity index (χ4n) is 3.00. The van der Waals surface area contributed by atoms with Crippen molar-refractivity contribution in [3.05, 3.63) is 0 Å². The molecule has 0 aliphatic carbocycles. The molecule has 0 aromatic rings. The van der Waals surface area contributed by atoms with Crippen LogP contribution in [0.5, 0.6) is 0 Å². The van der Waals surface area contributed by atoms with E-state index >= 15 is 0 Å². The van der Waals surface area contributed by atoms with Gasteiger partial charge in [-0.15, -0.1) is 0 Å². The third kappa shape index (κ3) is 4.17. The maximum Gasteiger partial charge on any atom is 0.251 e. The molecule has 0 radical (unpaired) electrons. The number of likely N-dealkylation sites (tertiary alicyclic amines) is 1. The summed E-state index contributed by atoms with van der Waals surface area (Å²) in [6.07, 6.45) is 5.90. The molecular formula is C15H28N2O3. The van der Waals surface area contributed by atoms with E-state index in [0.29, 0.717) is 12.6 Å². The van der Waals surface area contributed by atoms with Crippen molar-refractivity contribution in [3.8, 4) is 0 Å². The van der Waals surface area contributed by atoms with Crippen molar-refractivity contribution in [1.29, 1.82) is 0 Å². The number of rotatable bonds is 5. The van der Waals surface area contributed by atoms with Gasteiger partial charge in [0.15, 0.2) is 0 Å². The fourth-order valence-corrected chi connectivity index (χ4v) is 3.00. The Balaban J connectivity index is 1.79. The molecule has 2 fully saturated rings. The first-order valence-electron chi connectivity index (χ1n) is 8.00. The van der Waals surface area contributed by atoms with Gasteiger partial charge in [-0.1, -0.05) is 6.92 Å². The molecule has 0 saturated carbocycles. The number of carbonyl (C=O) groups is 1. The fraction of sp³-hybridized carbons (Fsp3) is 0.933. The van der Waals surface area contributed by atoms with Gasteiger partial charge in [0.1, 0.15) is 6.10 Å². The molecule has 0 aromatic heterocycles. The summed E-state index contributed by atoms with van der Waals surface area (Å²) < 4.78 is 11.5. The lowest BCUT2D eigenvalue weighted by Gasteiger charge is -2.24. The van der Waals surface area contributed by atoms with Crippen LogP contribution in [0.25, 0.3) is 0 Å². The van der Waals surface area contributed by atoms with Crippen LogP contribution < -0.4 is 5.73 Å². The summed E-state index contributed by atoms with van der Waals surface area (Å²) in [5.41, 5.74) is 5.60. The van der Waals surface area contributed by atoms with Gasteiger partial charge in [0.25, 0.3) is 5.91 Å². The molecule has 2 heterocycles. The van der Waals surface area contributed by atoms with E-state index in [1.54, 1.807) is 0 Å². The van der Waals surface area contributed by atoms with E-state index < -0.39 is 0 Å². The highest BCUT2D eigenvalue weighted by atomic mass is 16.5. The van der Waals surface area contributed by atoms with Crippen LogP contribution in [0.2, 0.25) is 0 Å². The van der Waals surface area contributed by atoms with Crippen molar-refractivity contribution in [1.82, 2.24) is 4.90 Å². The van der Waals surface area contributed by atoms with E-state index in [1.807, 2.05) is 4.90 Å². The van der Waals surface area contributed by atoms with Crippen LogP contribution in [-0.2, 0) is 14.3 Å². The minimum atomic E-state index is -0.267. The number of hydrogen-bond acceptors (Lipinski definition) is 4. The zero-order valence-corrected chi connectivity index (χ0v) is 12.6. The van der Waals surface area contributed by atoms with Gasteiger partial charge in [-0.25, -0.2) is 0 Å². The molecule has 5 nitrogen and oxygen atoms in total. The minimum absolute atomic E-state index is 0.0663. The van der Waals surface area contributed by atoms with Crippen LogP contribution in [0.4, 0.5) is 0 Å². The quantitative estimate of drug-likeness (QED) is 0.826. The van der Waals surface area contributed by atoms with Gasteiger partial charge in [-0.05, 0) is 38.5 Å². The van der Waals surface area contributed by atoms with Crippen LogP contribution >= 0.6 is 0 Å². The predicted octanol–water partition coefficient (Wildman–Crippen LogP) is 1.30. The number of ether oxygens (including phenoxy) is 2. The van der Waals surface area contributed by atoms with Gasteiger partial charge in [-0.3, -0.25) is 4.79 Å². The Bertz CT molecular complexity index is 311.